The maximum atomic E-state index is 12.4. The van der Waals surface area contributed by atoms with Crippen molar-refractivity contribution in [3.63, 3.8) is 0 Å². The lowest BCUT2D eigenvalue weighted by Gasteiger charge is -2.18. The van der Waals surface area contributed by atoms with Crippen LogP contribution in [0.4, 0.5) is 11.4 Å². The number of anilines is 2. The number of hydrogen-bond donors (Lipinski definition) is 2. The molecule has 0 aliphatic carbocycles. The Morgan fingerprint density at radius 1 is 1.24 bits per heavy atom. The lowest BCUT2D eigenvalue weighted by molar-refractivity contribution is 0.102. The number of halogens is 2. The van der Waals surface area contributed by atoms with Crippen molar-refractivity contribution in [2.45, 2.75) is 12.8 Å². The van der Waals surface area contributed by atoms with Gasteiger partial charge >= 0.3 is 0 Å². The van der Waals surface area contributed by atoms with E-state index < -0.39 is 0 Å². The maximum Gasteiger partial charge on any atom is 0.255 e. The normalized spacial score (nSPS) is 13.2. The van der Waals surface area contributed by atoms with Gasteiger partial charge in [-0.3, -0.25) is 4.79 Å². The predicted octanol–water partition coefficient (Wildman–Crippen LogP) is 4.71. The fourth-order valence-electron chi connectivity index (χ4n) is 2.40. The van der Waals surface area contributed by atoms with Crippen molar-refractivity contribution < 1.29 is 4.79 Å². The van der Waals surface area contributed by atoms with Crippen LogP contribution in [0.2, 0.25) is 5.02 Å². The van der Waals surface area contributed by atoms with Crippen LogP contribution < -0.4 is 10.6 Å². The average molecular weight is 366 g/mol. The molecule has 1 amide bonds. The molecule has 108 valence electrons. The molecule has 0 bridgehead atoms. The van der Waals surface area contributed by atoms with Crippen molar-refractivity contribution in [2.75, 3.05) is 17.2 Å². The summed E-state index contributed by atoms with van der Waals surface area (Å²) in [5, 5.41) is 6.71. The number of hydrogen-bond acceptors (Lipinski definition) is 2. The van der Waals surface area contributed by atoms with Crippen LogP contribution in [0.1, 0.15) is 22.3 Å². The summed E-state index contributed by atoms with van der Waals surface area (Å²) in [7, 11) is 0. The summed E-state index contributed by atoms with van der Waals surface area (Å²) in [5.41, 5.74) is 3.56. The van der Waals surface area contributed by atoms with Gasteiger partial charge in [-0.05, 0) is 54.8 Å². The third-order valence-electron chi connectivity index (χ3n) is 3.48. The SMILES string of the molecule is O=C(Nc1cc(Br)ccc1Cl)c1ccc2c(c1)CCCN2. The quantitative estimate of drug-likeness (QED) is 0.809. The third kappa shape index (κ3) is 3.22. The largest absolute Gasteiger partial charge is 0.385 e. The molecule has 0 aromatic heterocycles. The van der Waals surface area contributed by atoms with Crippen LogP contribution >= 0.6 is 27.5 Å². The van der Waals surface area contributed by atoms with Gasteiger partial charge in [-0.15, -0.1) is 0 Å². The van der Waals surface area contributed by atoms with Crippen LogP contribution in [0.3, 0.4) is 0 Å². The molecule has 0 saturated heterocycles. The molecule has 0 atom stereocenters. The minimum atomic E-state index is -0.150. The zero-order valence-corrected chi connectivity index (χ0v) is 13.6. The molecule has 0 fully saturated rings. The van der Waals surface area contributed by atoms with Gasteiger partial charge in [-0.2, -0.15) is 0 Å². The average Bonchev–Trinajstić information content (AvgIpc) is 2.50. The smallest absolute Gasteiger partial charge is 0.255 e. The van der Waals surface area contributed by atoms with Crippen LogP contribution in [0.25, 0.3) is 0 Å². The van der Waals surface area contributed by atoms with Gasteiger partial charge in [-0.1, -0.05) is 27.5 Å². The Bertz CT molecular complexity index is 703. The maximum absolute atomic E-state index is 12.4. The standard InChI is InChI=1S/C16H14BrClN2O/c17-12-4-5-13(18)15(9-12)20-16(21)11-3-6-14-10(8-11)2-1-7-19-14/h3-6,8-9,19H,1-2,7H2,(H,20,21). The van der Waals surface area contributed by atoms with E-state index in [1.807, 2.05) is 24.3 Å². The Kier molecular flexibility index (Phi) is 4.17. The van der Waals surface area contributed by atoms with Crippen molar-refractivity contribution >= 4 is 44.8 Å². The topological polar surface area (TPSA) is 41.1 Å². The van der Waals surface area contributed by atoms with Gasteiger partial charge in [0.15, 0.2) is 0 Å². The molecule has 0 radical (unpaired) electrons. The second-order valence-electron chi connectivity index (χ2n) is 4.98. The molecule has 3 rings (SSSR count). The number of fused-ring (bicyclic) bond motifs is 1. The van der Waals surface area contributed by atoms with E-state index in [2.05, 4.69) is 26.6 Å². The van der Waals surface area contributed by atoms with Crippen molar-refractivity contribution in [3.05, 3.63) is 57.0 Å². The van der Waals surface area contributed by atoms with E-state index in [1.165, 1.54) is 5.56 Å². The van der Waals surface area contributed by atoms with E-state index in [9.17, 15) is 4.79 Å². The molecule has 0 unspecified atom stereocenters. The number of aryl methyl sites for hydroxylation is 1. The minimum Gasteiger partial charge on any atom is -0.385 e. The van der Waals surface area contributed by atoms with Crippen molar-refractivity contribution in [2.24, 2.45) is 0 Å². The van der Waals surface area contributed by atoms with Gasteiger partial charge in [0.1, 0.15) is 0 Å². The number of amides is 1. The summed E-state index contributed by atoms with van der Waals surface area (Å²) in [6, 6.07) is 11.1. The Morgan fingerprint density at radius 2 is 2.10 bits per heavy atom. The summed E-state index contributed by atoms with van der Waals surface area (Å²) in [6.07, 6.45) is 2.09. The van der Waals surface area contributed by atoms with Gasteiger partial charge in [0.05, 0.1) is 10.7 Å². The van der Waals surface area contributed by atoms with Crippen molar-refractivity contribution in [1.82, 2.24) is 0 Å². The Labute approximate surface area is 136 Å². The molecule has 1 heterocycles. The molecular formula is C16H14BrClN2O. The lowest BCUT2D eigenvalue weighted by atomic mass is 10.0. The van der Waals surface area contributed by atoms with Crippen molar-refractivity contribution in [3.8, 4) is 0 Å². The first-order valence-electron chi connectivity index (χ1n) is 6.77. The van der Waals surface area contributed by atoms with Crippen LogP contribution in [0.15, 0.2) is 40.9 Å². The van der Waals surface area contributed by atoms with Gasteiger partial charge in [0.25, 0.3) is 5.91 Å². The second kappa shape index (κ2) is 6.08. The van der Waals surface area contributed by atoms with Crippen LogP contribution in [-0.4, -0.2) is 12.5 Å². The molecular weight excluding hydrogens is 352 g/mol. The van der Waals surface area contributed by atoms with E-state index in [-0.39, 0.29) is 5.91 Å². The second-order valence-corrected chi connectivity index (χ2v) is 6.30. The highest BCUT2D eigenvalue weighted by Gasteiger charge is 2.13. The van der Waals surface area contributed by atoms with Gasteiger partial charge in [0, 0.05) is 22.3 Å². The number of rotatable bonds is 2. The Hall–Kier alpha value is -1.52. The van der Waals surface area contributed by atoms with E-state index in [1.54, 1.807) is 12.1 Å². The van der Waals surface area contributed by atoms with E-state index in [4.69, 9.17) is 11.6 Å². The summed E-state index contributed by atoms with van der Waals surface area (Å²) in [6.45, 7) is 0.992. The van der Waals surface area contributed by atoms with E-state index in [0.717, 1.165) is 29.5 Å². The van der Waals surface area contributed by atoms with Gasteiger partial charge in [0.2, 0.25) is 0 Å². The molecule has 2 aromatic carbocycles. The molecule has 0 saturated carbocycles. The number of carbonyl (C=O) groups is 1. The first-order chi connectivity index (χ1) is 10.1. The Balaban J connectivity index is 1.83. The summed E-state index contributed by atoms with van der Waals surface area (Å²) < 4.78 is 0.872. The molecule has 1 aliphatic heterocycles. The molecule has 5 heteroatoms. The minimum absolute atomic E-state index is 0.150. The fraction of sp³-hybridized carbons (Fsp3) is 0.188. The highest BCUT2D eigenvalue weighted by atomic mass is 79.9. The first-order valence-corrected chi connectivity index (χ1v) is 7.94. The molecule has 2 aromatic rings. The van der Waals surface area contributed by atoms with Crippen LogP contribution in [0.5, 0.6) is 0 Å². The highest BCUT2D eigenvalue weighted by molar-refractivity contribution is 9.10. The fourth-order valence-corrected chi connectivity index (χ4v) is 2.93. The molecule has 3 nitrogen and oxygen atoms in total. The highest BCUT2D eigenvalue weighted by Crippen LogP contribution is 2.27. The summed E-state index contributed by atoms with van der Waals surface area (Å²) >= 11 is 9.47. The number of carbonyl (C=O) groups excluding carboxylic acids is 1. The predicted molar refractivity (Wildman–Crippen MR) is 90.4 cm³/mol. The summed E-state index contributed by atoms with van der Waals surface area (Å²) in [4.78, 5) is 12.4. The first kappa shape index (κ1) is 14.4. The van der Waals surface area contributed by atoms with Crippen LogP contribution in [-0.2, 0) is 6.42 Å². The van der Waals surface area contributed by atoms with Gasteiger partial charge in [-0.25, -0.2) is 0 Å². The number of nitrogens with one attached hydrogen (secondary N) is 2. The molecule has 1 aliphatic rings. The number of benzene rings is 2. The Morgan fingerprint density at radius 3 is 2.95 bits per heavy atom. The van der Waals surface area contributed by atoms with Gasteiger partial charge < -0.3 is 10.6 Å². The lowest BCUT2D eigenvalue weighted by Crippen LogP contribution is -2.15. The molecule has 2 N–H and O–H groups in total. The zero-order chi connectivity index (χ0) is 14.8. The van der Waals surface area contributed by atoms with E-state index in [0.29, 0.717) is 16.3 Å². The monoisotopic (exact) mass is 364 g/mol. The van der Waals surface area contributed by atoms with Crippen LogP contribution in [0, 0.1) is 0 Å². The molecule has 0 spiro atoms. The van der Waals surface area contributed by atoms with E-state index >= 15 is 0 Å². The van der Waals surface area contributed by atoms with Crippen molar-refractivity contribution in [1.29, 1.82) is 0 Å². The molecule has 21 heavy (non-hydrogen) atoms. The summed E-state index contributed by atoms with van der Waals surface area (Å²) in [5.74, 6) is -0.150. The zero-order valence-electron chi connectivity index (χ0n) is 11.2. The third-order valence-corrected chi connectivity index (χ3v) is 4.31.